The highest BCUT2D eigenvalue weighted by Crippen LogP contribution is 2.21. The van der Waals surface area contributed by atoms with Crippen LogP contribution in [0, 0.1) is 6.57 Å². The van der Waals surface area contributed by atoms with Crippen LogP contribution in [0.3, 0.4) is 0 Å². The van der Waals surface area contributed by atoms with E-state index in [0.717, 1.165) is 0 Å². The van der Waals surface area contributed by atoms with Gasteiger partial charge in [0.25, 0.3) is 0 Å². The maximum Gasteiger partial charge on any atom is 0.224 e. The Kier molecular flexibility index (Phi) is 2.27. The predicted molar refractivity (Wildman–Crippen MR) is 57.0 cm³/mol. The molecule has 0 saturated carbocycles. The van der Waals surface area contributed by atoms with Crippen LogP contribution in [0.4, 0.5) is 11.4 Å². The predicted octanol–water partition coefficient (Wildman–Crippen LogP) is 2.05. The van der Waals surface area contributed by atoms with Crippen LogP contribution in [0.5, 0.6) is 0 Å². The van der Waals surface area contributed by atoms with E-state index >= 15 is 0 Å². The second-order valence-corrected chi connectivity index (χ2v) is 3.24. The number of nitrogens with zero attached hydrogens (tertiary/aromatic N) is 4. The van der Waals surface area contributed by atoms with E-state index in [1.807, 2.05) is 0 Å². The van der Waals surface area contributed by atoms with Gasteiger partial charge in [0.05, 0.1) is 29.7 Å². The monoisotopic (exact) mass is 219 g/mol. The Labute approximate surface area is 90.9 Å². The highest BCUT2D eigenvalue weighted by atomic mass is 35.5. The molecule has 6 heteroatoms. The Bertz CT molecular complexity index is 540. The van der Waals surface area contributed by atoms with E-state index in [-0.39, 0.29) is 0 Å². The summed E-state index contributed by atoms with van der Waals surface area (Å²) in [6, 6.07) is 1.59. The zero-order chi connectivity index (χ0) is 10.8. The third kappa shape index (κ3) is 1.75. The Hall–Kier alpha value is -2.06. The molecule has 2 aromatic rings. The maximum atomic E-state index is 6.81. The minimum atomic E-state index is 0.398. The lowest BCUT2D eigenvalue weighted by molar-refractivity contribution is 0.848. The number of nitrogen functional groups attached to an aromatic ring is 1. The van der Waals surface area contributed by atoms with Crippen molar-refractivity contribution in [1.82, 2.24) is 14.8 Å². The molecule has 0 spiro atoms. The van der Waals surface area contributed by atoms with Crippen molar-refractivity contribution >= 4 is 23.0 Å². The van der Waals surface area contributed by atoms with Crippen molar-refractivity contribution in [3.05, 3.63) is 41.1 Å². The Balaban J connectivity index is 2.50. The molecule has 0 saturated heterocycles. The molecule has 5 nitrogen and oxygen atoms in total. The smallest absolute Gasteiger partial charge is 0.224 e. The fraction of sp³-hybridized carbons (Fsp3) is 0. The van der Waals surface area contributed by atoms with E-state index in [4.69, 9.17) is 23.9 Å². The number of hydrogen-bond acceptors (Lipinski definition) is 3. The molecular weight excluding hydrogens is 214 g/mol. The van der Waals surface area contributed by atoms with E-state index in [9.17, 15) is 0 Å². The van der Waals surface area contributed by atoms with Crippen molar-refractivity contribution in [2.75, 3.05) is 5.73 Å². The lowest BCUT2D eigenvalue weighted by atomic mass is 10.4. The van der Waals surface area contributed by atoms with Crippen LogP contribution in [-0.4, -0.2) is 14.8 Å². The van der Waals surface area contributed by atoms with Crippen molar-refractivity contribution in [3.8, 4) is 5.82 Å². The second-order valence-electron chi connectivity index (χ2n) is 2.83. The van der Waals surface area contributed by atoms with Gasteiger partial charge in [0.1, 0.15) is 0 Å². The van der Waals surface area contributed by atoms with Crippen LogP contribution in [0.2, 0.25) is 5.02 Å². The first kappa shape index (κ1) is 9.49. The molecule has 0 unspecified atom stereocenters. The molecule has 0 aliphatic heterocycles. The van der Waals surface area contributed by atoms with Crippen LogP contribution < -0.4 is 5.73 Å². The van der Waals surface area contributed by atoms with E-state index in [0.29, 0.717) is 22.2 Å². The first-order valence-corrected chi connectivity index (χ1v) is 4.42. The molecule has 2 N–H and O–H groups in total. The van der Waals surface area contributed by atoms with Crippen molar-refractivity contribution in [2.24, 2.45) is 0 Å². The Morgan fingerprint density at radius 1 is 1.47 bits per heavy atom. The molecule has 2 rings (SSSR count). The van der Waals surface area contributed by atoms with Gasteiger partial charge < -0.3 is 5.73 Å². The minimum absolute atomic E-state index is 0.398. The first-order chi connectivity index (χ1) is 7.20. The number of halogens is 1. The summed E-state index contributed by atoms with van der Waals surface area (Å²) in [7, 11) is 0. The van der Waals surface area contributed by atoms with Gasteiger partial charge in [-0.3, -0.25) is 0 Å². The van der Waals surface area contributed by atoms with Crippen molar-refractivity contribution in [1.29, 1.82) is 0 Å². The molecular formula is C9H6ClN5. The number of aromatic nitrogens is 3. The molecule has 0 atom stereocenters. The van der Waals surface area contributed by atoms with E-state index in [2.05, 4.69) is 14.9 Å². The van der Waals surface area contributed by atoms with Gasteiger partial charge in [0.15, 0.2) is 5.82 Å². The molecule has 0 aliphatic carbocycles. The van der Waals surface area contributed by atoms with Gasteiger partial charge in [-0.15, -0.1) is 0 Å². The van der Waals surface area contributed by atoms with E-state index < -0.39 is 0 Å². The quantitative estimate of drug-likeness (QED) is 0.747. The number of nitrogens with two attached hydrogens (primary N) is 1. The van der Waals surface area contributed by atoms with Gasteiger partial charge >= 0.3 is 0 Å². The van der Waals surface area contributed by atoms with Crippen LogP contribution in [0.25, 0.3) is 10.7 Å². The summed E-state index contributed by atoms with van der Waals surface area (Å²) in [6.07, 6.45) is 4.49. The zero-order valence-corrected chi connectivity index (χ0v) is 8.31. The molecule has 2 aromatic heterocycles. The minimum Gasteiger partial charge on any atom is -0.397 e. The van der Waals surface area contributed by atoms with Gasteiger partial charge in [-0.05, 0) is 6.07 Å². The fourth-order valence-electron chi connectivity index (χ4n) is 1.10. The average Bonchev–Trinajstić information content (AvgIpc) is 2.66. The summed E-state index contributed by atoms with van der Waals surface area (Å²) in [4.78, 5) is 7.27. The first-order valence-electron chi connectivity index (χ1n) is 4.04. The zero-order valence-electron chi connectivity index (χ0n) is 7.55. The van der Waals surface area contributed by atoms with E-state index in [1.165, 1.54) is 17.1 Å². The number of hydrogen-bond donors (Lipinski definition) is 1. The topological polar surface area (TPSA) is 61.1 Å². The summed E-state index contributed by atoms with van der Waals surface area (Å²) in [6.45, 7) is 6.81. The molecule has 74 valence electrons. The van der Waals surface area contributed by atoms with E-state index in [1.54, 1.807) is 12.3 Å². The largest absolute Gasteiger partial charge is 0.397 e. The summed E-state index contributed by atoms with van der Waals surface area (Å²) >= 11 is 5.94. The van der Waals surface area contributed by atoms with Crippen LogP contribution in [0.1, 0.15) is 0 Å². The fourth-order valence-corrected chi connectivity index (χ4v) is 1.36. The molecule has 0 fully saturated rings. The lowest BCUT2D eigenvalue weighted by Gasteiger charge is -2.03. The van der Waals surface area contributed by atoms with Gasteiger partial charge in [-0.2, -0.15) is 5.10 Å². The average molecular weight is 220 g/mol. The van der Waals surface area contributed by atoms with Gasteiger partial charge in [-0.25, -0.2) is 14.5 Å². The Morgan fingerprint density at radius 3 is 2.87 bits per heavy atom. The number of pyridine rings is 1. The molecule has 0 amide bonds. The van der Waals surface area contributed by atoms with Crippen LogP contribution >= 0.6 is 11.6 Å². The second kappa shape index (κ2) is 3.59. The number of rotatable bonds is 1. The highest BCUT2D eigenvalue weighted by Gasteiger charge is 2.06. The van der Waals surface area contributed by atoms with Gasteiger partial charge in [-0.1, -0.05) is 11.6 Å². The molecule has 0 aromatic carbocycles. The van der Waals surface area contributed by atoms with Crippen molar-refractivity contribution in [2.45, 2.75) is 0 Å². The standard InChI is InChI=1S/C9H6ClN5/c1-12-7-4-14-15(5-7)9-8(10)2-6(11)3-13-9/h2-5H,11H2. The summed E-state index contributed by atoms with van der Waals surface area (Å²) in [5.74, 6) is 0.459. The lowest BCUT2D eigenvalue weighted by Crippen LogP contribution is -1.99. The summed E-state index contributed by atoms with van der Waals surface area (Å²) < 4.78 is 1.44. The van der Waals surface area contributed by atoms with Gasteiger partial charge in [0.2, 0.25) is 5.69 Å². The molecule has 0 aliphatic rings. The van der Waals surface area contributed by atoms with Crippen molar-refractivity contribution in [3.63, 3.8) is 0 Å². The highest BCUT2D eigenvalue weighted by molar-refractivity contribution is 6.32. The summed E-state index contributed by atoms with van der Waals surface area (Å²) in [5, 5.41) is 4.36. The van der Waals surface area contributed by atoms with Crippen molar-refractivity contribution < 1.29 is 0 Å². The molecule has 15 heavy (non-hydrogen) atoms. The maximum absolute atomic E-state index is 6.81. The summed E-state index contributed by atoms with van der Waals surface area (Å²) in [5.41, 5.74) is 6.43. The number of anilines is 1. The van der Waals surface area contributed by atoms with Gasteiger partial charge in [0, 0.05) is 6.20 Å². The molecule has 2 heterocycles. The Morgan fingerprint density at radius 2 is 2.27 bits per heavy atom. The van der Waals surface area contributed by atoms with Crippen LogP contribution in [-0.2, 0) is 0 Å². The third-order valence-electron chi connectivity index (χ3n) is 1.76. The normalized spacial score (nSPS) is 9.87. The molecule has 0 bridgehead atoms. The SMILES string of the molecule is [C-]#[N+]c1cnn(-c2ncc(N)cc2Cl)c1. The van der Waals surface area contributed by atoms with Crippen LogP contribution in [0.15, 0.2) is 24.7 Å². The molecule has 0 radical (unpaired) electrons. The third-order valence-corrected chi connectivity index (χ3v) is 2.04.